The third kappa shape index (κ3) is 2.47. The number of rotatable bonds is 6. The highest BCUT2D eigenvalue weighted by molar-refractivity contribution is 7.78. The Labute approximate surface area is 181 Å². The molecule has 1 spiro atoms. The lowest BCUT2D eigenvalue weighted by Crippen LogP contribution is -2.77. The number of aromatic hydroxyl groups is 1. The van der Waals surface area contributed by atoms with Crippen LogP contribution in [0.4, 0.5) is 0 Å². The zero-order chi connectivity index (χ0) is 20.5. The summed E-state index contributed by atoms with van der Waals surface area (Å²) in [4.78, 5) is 6.50. The molecule has 1 aromatic carbocycles. The summed E-state index contributed by atoms with van der Waals surface area (Å²) >= 11 is 4.65. The van der Waals surface area contributed by atoms with Gasteiger partial charge in [0.1, 0.15) is 6.10 Å². The van der Waals surface area contributed by atoms with Gasteiger partial charge in [0.2, 0.25) is 0 Å². The highest BCUT2D eigenvalue weighted by atomic mass is 32.1. The van der Waals surface area contributed by atoms with Gasteiger partial charge in [0, 0.05) is 18.2 Å². The van der Waals surface area contributed by atoms with Crippen LogP contribution >= 0.6 is 12.2 Å². The van der Waals surface area contributed by atoms with Crippen molar-refractivity contribution < 1.29 is 19.7 Å². The van der Waals surface area contributed by atoms with Gasteiger partial charge < -0.3 is 19.7 Å². The normalized spacial score (nSPS) is 38.5. The molecule has 160 valence electrons. The van der Waals surface area contributed by atoms with Gasteiger partial charge in [-0.3, -0.25) is 4.90 Å². The lowest BCUT2D eigenvalue weighted by molar-refractivity contribution is -0.215. The number of piperidine rings is 1. The van der Waals surface area contributed by atoms with Crippen molar-refractivity contribution in [2.45, 2.75) is 67.8 Å². The summed E-state index contributed by atoms with van der Waals surface area (Å²) in [6, 6.07) is 3.88. The number of aliphatic hydroxyl groups is 1. The van der Waals surface area contributed by atoms with Crippen LogP contribution in [-0.2, 0) is 16.6 Å². The molecule has 6 nitrogen and oxygen atoms in total. The second kappa shape index (κ2) is 6.75. The second-order valence-corrected chi connectivity index (χ2v) is 9.89. The van der Waals surface area contributed by atoms with E-state index in [0.717, 1.165) is 43.8 Å². The van der Waals surface area contributed by atoms with Crippen LogP contribution in [0, 0.1) is 5.92 Å². The average molecular weight is 429 g/mol. The van der Waals surface area contributed by atoms with Gasteiger partial charge in [0.05, 0.1) is 35.4 Å². The lowest BCUT2D eigenvalue weighted by atomic mass is 9.48. The summed E-state index contributed by atoms with van der Waals surface area (Å²) in [5.74, 6) is 1.52. The molecule has 5 aliphatic rings. The molecule has 1 aromatic rings. The topological polar surface area (TPSA) is 74.5 Å². The minimum absolute atomic E-state index is 0.0984. The quantitative estimate of drug-likeness (QED) is 0.412. The monoisotopic (exact) mass is 428 g/mol. The van der Waals surface area contributed by atoms with Crippen LogP contribution in [-0.4, -0.2) is 70.4 Å². The minimum Gasteiger partial charge on any atom is -0.504 e. The number of hydrogen-bond acceptors (Lipinski definition) is 7. The van der Waals surface area contributed by atoms with E-state index in [1.54, 1.807) is 6.07 Å². The van der Waals surface area contributed by atoms with E-state index in [9.17, 15) is 10.2 Å². The zero-order valence-electron chi connectivity index (χ0n) is 17.0. The van der Waals surface area contributed by atoms with E-state index in [-0.39, 0.29) is 24.0 Å². The number of likely N-dealkylation sites (tertiary alicyclic amines) is 1. The van der Waals surface area contributed by atoms with Crippen molar-refractivity contribution in [3.05, 3.63) is 23.3 Å². The van der Waals surface area contributed by atoms with Crippen molar-refractivity contribution in [2.75, 3.05) is 26.2 Å². The van der Waals surface area contributed by atoms with Crippen molar-refractivity contribution in [3.63, 3.8) is 0 Å². The molecule has 2 N–H and O–H groups in total. The minimum atomic E-state index is -0.858. The lowest BCUT2D eigenvalue weighted by Gasteiger charge is -2.64. The fraction of sp³-hybridized carbons (Fsp3) is 0.696. The Balaban J connectivity index is 1.42. The van der Waals surface area contributed by atoms with Gasteiger partial charge >= 0.3 is 0 Å². The Bertz CT molecular complexity index is 930. The van der Waals surface area contributed by atoms with Crippen LogP contribution in [0.15, 0.2) is 17.1 Å². The van der Waals surface area contributed by atoms with Crippen LogP contribution in [0.3, 0.4) is 0 Å². The van der Waals surface area contributed by atoms with E-state index < -0.39 is 11.0 Å². The maximum Gasteiger partial charge on any atom is 0.165 e. The maximum atomic E-state index is 12.3. The van der Waals surface area contributed by atoms with Crippen molar-refractivity contribution >= 4 is 17.4 Å². The summed E-state index contributed by atoms with van der Waals surface area (Å²) in [5.41, 5.74) is 0.882. The van der Waals surface area contributed by atoms with Crippen LogP contribution in [0.5, 0.6) is 11.5 Å². The van der Waals surface area contributed by atoms with E-state index in [0.29, 0.717) is 25.3 Å². The van der Waals surface area contributed by atoms with Crippen molar-refractivity contribution in [1.29, 1.82) is 0 Å². The molecule has 2 aliphatic heterocycles. The maximum absolute atomic E-state index is 12.3. The third-order valence-electron chi connectivity index (χ3n) is 8.31. The van der Waals surface area contributed by atoms with Crippen LogP contribution in [0.2, 0.25) is 0 Å². The molecule has 2 heterocycles. The Morgan fingerprint density at radius 1 is 1.30 bits per heavy atom. The number of ether oxygens (including phenoxy) is 2. The molecule has 0 amide bonds. The molecule has 6 rings (SSSR count). The first-order valence-electron chi connectivity index (χ1n) is 11.2. The van der Waals surface area contributed by atoms with Crippen LogP contribution in [0.25, 0.3) is 0 Å². The molecule has 5 atom stereocenters. The summed E-state index contributed by atoms with van der Waals surface area (Å²) < 4.78 is 12.7. The van der Waals surface area contributed by atoms with E-state index >= 15 is 0 Å². The SMILES string of the molecule is Oc1ccc2c3c1O[C@H]1[C@H](OCCN=C=S)CC[C@@]4(O)[C@@H](C2)N(CC2CC2)CC[C@]314. The molecule has 7 heteroatoms. The van der Waals surface area contributed by atoms with Gasteiger partial charge in [-0.2, -0.15) is 0 Å². The smallest absolute Gasteiger partial charge is 0.165 e. The van der Waals surface area contributed by atoms with Gasteiger partial charge in [0.15, 0.2) is 11.5 Å². The molecule has 1 saturated heterocycles. The number of isothiocyanates is 1. The predicted octanol–water partition coefficient (Wildman–Crippen LogP) is 2.44. The van der Waals surface area contributed by atoms with E-state index in [1.165, 1.54) is 18.4 Å². The van der Waals surface area contributed by atoms with Crippen molar-refractivity contribution in [1.82, 2.24) is 4.90 Å². The van der Waals surface area contributed by atoms with E-state index in [4.69, 9.17) is 9.47 Å². The Morgan fingerprint density at radius 3 is 2.97 bits per heavy atom. The number of phenols is 1. The molecule has 3 aliphatic carbocycles. The van der Waals surface area contributed by atoms with Crippen molar-refractivity contribution in [3.8, 4) is 11.5 Å². The Morgan fingerprint density at radius 2 is 2.17 bits per heavy atom. The first-order chi connectivity index (χ1) is 14.6. The predicted molar refractivity (Wildman–Crippen MR) is 114 cm³/mol. The summed E-state index contributed by atoms with van der Waals surface area (Å²) in [5, 5.41) is 25.3. The van der Waals surface area contributed by atoms with E-state index in [2.05, 4.69) is 27.3 Å². The molecule has 0 aromatic heterocycles. The first kappa shape index (κ1) is 19.2. The molecule has 30 heavy (non-hydrogen) atoms. The van der Waals surface area contributed by atoms with Crippen LogP contribution < -0.4 is 4.74 Å². The second-order valence-electron chi connectivity index (χ2n) is 9.71. The highest BCUT2D eigenvalue weighted by Crippen LogP contribution is 2.65. The Hall–Kier alpha value is -1.50. The van der Waals surface area contributed by atoms with Gasteiger partial charge in [0.25, 0.3) is 0 Å². The highest BCUT2D eigenvalue weighted by Gasteiger charge is 2.73. The molecular weight excluding hydrogens is 400 g/mol. The summed E-state index contributed by atoms with van der Waals surface area (Å²) in [6.07, 6.45) is 5.27. The average Bonchev–Trinajstić information content (AvgIpc) is 3.47. The standard InChI is InChI=1S/C23H28N2O4S/c26-16-4-3-15-11-18-23(27)6-5-17(28-10-8-24-13-30)21-22(23,19(15)20(16)29-21)7-9-25(18)12-14-1-2-14/h3-4,14,17-18,21,26-27H,1-2,5-12H2/t17-,18-,21+,22+,23-/m1/s1. The van der Waals surface area contributed by atoms with Crippen LogP contribution in [0.1, 0.15) is 43.2 Å². The Kier molecular flexibility index (Phi) is 4.32. The van der Waals surface area contributed by atoms with Gasteiger partial charge in [-0.15, -0.1) is 0 Å². The third-order valence-corrected chi connectivity index (χ3v) is 8.44. The number of nitrogens with zero attached hydrogens (tertiary/aromatic N) is 2. The molecule has 0 unspecified atom stereocenters. The zero-order valence-corrected chi connectivity index (χ0v) is 17.9. The largest absolute Gasteiger partial charge is 0.504 e. The first-order valence-corrected chi connectivity index (χ1v) is 11.6. The number of thiocarbonyl (C=S) groups is 1. The molecule has 0 radical (unpaired) electrons. The number of phenolic OH excluding ortho intramolecular Hbond substituents is 1. The molecule has 2 bridgehead atoms. The molecular formula is C23H28N2O4S. The van der Waals surface area contributed by atoms with E-state index in [1.807, 2.05) is 6.07 Å². The van der Waals surface area contributed by atoms with Gasteiger partial charge in [-0.05, 0) is 74.8 Å². The fourth-order valence-electron chi connectivity index (χ4n) is 6.90. The van der Waals surface area contributed by atoms with Crippen molar-refractivity contribution in [2.24, 2.45) is 10.9 Å². The fourth-order valence-corrected chi connectivity index (χ4v) is 6.99. The molecule has 2 saturated carbocycles. The van der Waals surface area contributed by atoms with Gasteiger partial charge in [-0.25, -0.2) is 4.99 Å². The summed E-state index contributed by atoms with van der Waals surface area (Å²) in [6.45, 7) is 2.98. The number of aliphatic imine (C=N–C) groups is 1. The van der Waals surface area contributed by atoms with Gasteiger partial charge in [-0.1, -0.05) is 6.07 Å². The number of benzene rings is 1. The molecule has 3 fully saturated rings. The summed E-state index contributed by atoms with van der Waals surface area (Å²) in [7, 11) is 0. The number of hydrogen-bond donors (Lipinski definition) is 2.